The van der Waals surface area contributed by atoms with Gasteiger partial charge in [-0.05, 0) is 30.7 Å². The minimum atomic E-state index is -0.256. The van der Waals surface area contributed by atoms with E-state index in [1.807, 2.05) is 23.7 Å². The van der Waals surface area contributed by atoms with E-state index in [0.717, 1.165) is 33.6 Å². The molecular weight excluding hydrogens is 295 g/mol. The largest absolute Gasteiger partial charge is 0.359 e. The summed E-state index contributed by atoms with van der Waals surface area (Å²) in [5.41, 5.74) is 4.34. The zero-order chi connectivity index (χ0) is 15.8. The molecule has 3 heterocycles. The van der Waals surface area contributed by atoms with Gasteiger partial charge in [0.25, 0.3) is 0 Å². The lowest BCUT2D eigenvalue weighted by molar-refractivity contribution is 0.370. The van der Waals surface area contributed by atoms with E-state index in [9.17, 15) is 4.39 Å². The van der Waals surface area contributed by atoms with Crippen LogP contribution < -0.4 is 0 Å². The second-order valence-electron chi connectivity index (χ2n) is 5.37. The zero-order valence-corrected chi connectivity index (χ0v) is 12.4. The Morgan fingerprint density at radius 2 is 1.91 bits per heavy atom. The summed E-state index contributed by atoms with van der Waals surface area (Å²) in [6.45, 7) is 2.36. The van der Waals surface area contributed by atoms with Crippen LogP contribution >= 0.6 is 0 Å². The van der Waals surface area contributed by atoms with Gasteiger partial charge in [0.05, 0.1) is 17.4 Å². The Kier molecular flexibility index (Phi) is 3.15. The molecule has 23 heavy (non-hydrogen) atoms. The van der Waals surface area contributed by atoms with Gasteiger partial charge < -0.3 is 4.52 Å². The monoisotopic (exact) mass is 308 g/mol. The van der Waals surface area contributed by atoms with Crippen molar-refractivity contribution in [3.05, 3.63) is 66.1 Å². The van der Waals surface area contributed by atoms with Crippen molar-refractivity contribution in [3.8, 4) is 11.1 Å². The van der Waals surface area contributed by atoms with E-state index in [4.69, 9.17) is 4.52 Å². The molecule has 0 N–H and O–H groups in total. The van der Waals surface area contributed by atoms with Crippen LogP contribution in [-0.2, 0) is 6.54 Å². The molecule has 114 valence electrons. The quantitative estimate of drug-likeness (QED) is 0.580. The topological polar surface area (TPSA) is 56.7 Å². The van der Waals surface area contributed by atoms with Crippen LogP contribution in [0.5, 0.6) is 0 Å². The number of aromatic nitrogens is 4. The van der Waals surface area contributed by atoms with Crippen LogP contribution in [0.3, 0.4) is 0 Å². The molecule has 3 aromatic heterocycles. The molecule has 0 amide bonds. The van der Waals surface area contributed by atoms with Crippen LogP contribution in [0.25, 0.3) is 22.2 Å². The number of rotatable bonds is 3. The van der Waals surface area contributed by atoms with Gasteiger partial charge in [-0.2, -0.15) is 5.10 Å². The van der Waals surface area contributed by atoms with Gasteiger partial charge in [-0.3, -0.25) is 9.67 Å². The van der Waals surface area contributed by atoms with E-state index in [1.54, 1.807) is 24.5 Å². The fraction of sp³-hybridized carbons (Fsp3) is 0.118. The molecule has 0 saturated heterocycles. The Hall–Kier alpha value is -3.02. The number of hydrogen-bond donors (Lipinski definition) is 0. The van der Waals surface area contributed by atoms with E-state index < -0.39 is 0 Å². The Morgan fingerprint density at radius 1 is 1.09 bits per heavy atom. The molecule has 0 bridgehead atoms. The number of pyridine rings is 1. The predicted octanol–water partition coefficient (Wildman–Crippen LogP) is 3.58. The molecule has 0 aliphatic heterocycles. The second-order valence-corrected chi connectivity index (χ2v) is 5.37. The van der Waals surface area contributed by atoms with Crippen molar-refractivity contribution in [2.45, 2.75) is 13.5 Å². The highest BCUT2D eigenvalue weighted by Gasteiger charge is 2.09. The molecule has 0 spiro atoms. The molecule has 4 rings (SSSR count). The zero-order valence-electron chi connectivity index (χ0n) is 12.4. The van der Waals surface area contributed by atoms with Gasteiger partial charge in [-0.15, -0.1) is 0 Å². The fourth-order valence-electron chi connectivity index (χ4n) is 2.52. The highest BCUT2D eigenvalue weighted by Crippen LogP contribution is 2.23. The third-order valence-corrected chi connectivity index (χ3v) is 3.65. The number of hydrogen-bond acceptors (Lipinski definition) is 4. The van der Waals surface area contributed by atoms with E-state index in [-0.39, 0.29) is 5.82 Å². The third kappa shape index (κ3) is 2.59. The van der Waals surface area contributed by atoms with Crippen molar-refractivity contribution >= 4 is 11.0 Å². The Morgan fingerprint density at radius 3 is 2.65 bits per heavy atom. The number of fused-ring (bicyclic) bond motifs is 1. The molecule has 0 atom stereocenters. The lowest BCUT2D eigenvalue weighted by atomic mass is 10.1. The van der Waals surface area contributed by atoms with E-state index in [0.29, 0.717) is 6.54 Å². The van der Waals surface area contributed by atoms with Crippen molar-refractivity contribution in [1.82, 2.24) is 19.9 Å². The first-order chi connectivity index (χ1) is 11.2. The minimum Gasteiger partial charge on any atom is -0.359 e. The molecule has 6 heteroatoms. The van der Waals surface area contributed by atoms with E-state index >= 15 is 0 Å². The summed E-state index contributed by atoms with van der Waals surface area (Å²) >= 11 is 0. The number of benzene rings is 1. The molecule has 1 aromatic carbocycles. The van der Waals surface area contributed by atoms with Crippen LogP contribution in [0, 0.1) is 12.7 Å². The van der Waals surface area contributed by atoms with Crippen molar-refractivity contribution in [2.75, 3.05) is 0 Å². The minimum absolute atomic E-state index is 0.256. The number of nitrogens with zero attached hydrogens (tertiary/aromatic N) is 4. The van der Waals surface area contributed by atoms with Gasteiger partial charge in [-0.25, -0.2) is 4.39 Å². The summed E-state index contributed by atoms with van der Waals surface area (Å²) in [6, 6.07) is 10.2. The van der Waals surface area contributed by atoms with Crippen molar-refractivity contribution < 1.29 is 8.91 Å². The molecule has 4 aromatic rings. The van der Waals surface area contributed by atoms with Crippen molar-refractivity contribution in [1.29, 1.82) is 0 Å². The maximum Gasteiger partial charge on any atom is 0.158 e. The Bertz CT molecular complexity index is 972. The summed E-state index contributed by atoms with van der Waals surface area (Å²) in [7, 11) is 0. The van der Waals surface area contributed by atoms with Crippen molar-refractivity contribution in [3.63, 3.8) is 0 Å². The average Bonchev–Trinajstić information content (AvgIpc) is 3.15. The van der Waals surface area contributed by atoms with E-state index in [1.165, 1.54) is 12.1 Å². The summed E-state index contributed by atoms with van der Waals surface area (Å²) in [6.07, 6.45) is 3.48. The number of aryl methyl sites for hydroxylation is 1. The fourth-order valence-corrected chi connectivity index (χ4v) is 2.52. The summed E-state index contributed by atoms with van der Waals surface area (Å²) in [5.74, 6) is 0.480. The number of halogens is 1. The summed E-state index contributed by atoms with van der Waals surface area (Å²) in [5, 5.41) is 8.24. The smallest absolute Gasteiger partial charge is 0.158 e. The van der Waals surface area contributed by atoms with E-state index in [2.05, 4.69) is 15.2 Å². The standard InChI is InChI=1S/C17H13FN4O/c1-11-6-15(23-21-11)10-22-17-7-13(8-19-16(17)9-20-22)12-2-4-14(18)5-3-12/h2-9H,10H2,1H3. The highest BCUT2D eigenvalue weighted by molar-refractivity contribution is 5.80. The Balaban J connectivity index is 1.75. The van der Waals surface area contributed by atoms with Crippen molar-refractivity contribution in [2.24, 2.45) is 0 Å². The lowest BCUT2D eigenvalue weighted by Gasteiger charge is -2.04. The molecular formula is C17H13FN4O. The van der Waals surface area contributed by atoms with Crippen LogP contribution in [0.4, 0.5) is 4.39 Å². The normalized spacial score (nSPS) is 11.2. The molecule has 0 saturated carbocycles. The van der Waals surface area contributed by atoms with Crippen LogP contribution in [0.1, 0.15) is 11.5 Å². The molecule has 0 aliphatic rings. The first kappa shape index (κ1) is 13.6. The molecule has 0 unspecified atom stereocenters. The summed E-state index contributed by atoms with van der Waals surface area (Å²) in [4.78, 5) is 4.42. The maximum atomic E-state index is 13.1. The van der Waals surface area contributed by atoms with Gasteiger partial charge in [0.1, 0.15) is 17.9 Å². The first-order valence-electron chi connectivity index (χ1n) is 7.19. The SMILES string of the molecule is Cc1cc(Cn2ncc3ncc(-c4ccc(F)cc4)cc32)on1. The van der Waals surface area contributed by atoms with Gasteiger partial charge >= 0.3 is 0 Å². The van der Waals surface area contributed by atoms with Gasteiger partial charge in [0.2, 0.25) is 0 Å². The predicted molar refractivity (Wildman–Crippen MR) is 83.3 cm³/mol. The molecule has 0 radical (unpaired) electrons. The molecule has 0 fully saturated rings. The van der Waals surface area contributed by atoms with Gasteiger partial charge in [0, 0.05) is 17.8 Å². The molecule has 5 nitrogen and oxygen atoms in total. The van der Waals surface area contributed by atoms with Gasteiger partial charge in [0.15, 0.2) is 5.76 Å². The van der Waals surface area contributed by atoms with Crippen LogP contribution in [-0.4, -0.2) is 19.9 Å². The third-order valence-electron chi connectivity index (χ3n) is 3.65. The van der Waals surface area contributed by atoms with Gasteiger partial charge in [-0.1, -0.05) is 17.3 Å². The highest BCUT2D eigenvalue weighted by atomic mass is 19.1. The van der Waals surface area contributed by atoms with Crippen LogP contribution in [0.2, 0.25) is 0 Å². The summed E-state index contributed by atoms with van der Waals surface area (Å²) < 4.78 is 20.1. The second kappa shape index (κ2) is 5.31. The van der Waals surface area contributed by atoms with Crippen LogP contribution in [0.15, 0.2) is 53.3 Å². The molecule has 0 aliphatic carbocycles. The lowest BCUT2D eigenvalue weighted by Crippen LogP contribution is -2.00. The average molecular weight is 308 g/mol. The first-order valence-corrected chi connectivity index (χ1v) is 7.19. The Labute approximate surface area is 131 Å². The maximum absolute atomic E-state index is 13.1.